The highest BCUT2D eigenvalue weighted by Crippen LogP contribution is 2.36. The van der Waals surface area contributed by atoms with E-state index in [2.05, 4.69) is 20.3 Å². The van der Waals surface area contributed by atoms with Gasteiger partial charge in [0.05, 0.1) is 23.0 Å². The van der Waals surface area contributed by atoms with Gasteiger partial charge in [-0.2, -0.15) is 5.10 Å². The number of fused-ring (bicyclic) bond motifs is 2. The van der Waals surface area contributed by atoms with Crippen molar-refractivity contribution in [2.75, 3.05) is 23.3 Å². The molecule has 2 aliphatic rings. The number of aromatic nitrogens is 4. The zero-order chi connectivity index (χ0) is 28.3. The highest BCUT2D eigenvalue weighted by Gasteiger charge is 2.42. The fraction of sp³-hybridized carbons (Fsp3) is 0.448. The number of anilines is 2. The molecule has 0 bridgehead atoms. The summed E-state index contributed by atoms with van der Waals surface area (Å²) in [6.45, 7) is 8.90. The molecule has 10 nitrogen and oxygen atoms in total. The van der Waals surface area contributed by atoms with Gasteiger partial charge in [0.2, 0.25) is 0 Å². The van der Waals surface area contributed by atoms with Crippen molar-refractivity contribution in [1.82, 2.24) is 24.1 Å². The van der Waals surface area contributed by atoms with Crippen molar-refractivity contribution in [1.29, 1.82) is 0 Å². The Balaban J connectivity index is 1.25. The van der Waals surface area contributed by atoms with E-state index in [1.165, 1.54) is 6.07 Å². The quantitative estimate of drug-likeness (QED) is 0.382. The van der Waals surface area contributed by atoms with E-state index in [0.29, 0.717) is 29.0 Å². The van der Waals surface area contributed by atoms with Crippen molar-refractivity contribution in [3.05, 3.63) is 53.9 Å². The summed E-state index contributed by atoms with van der Waals surface area (Å²) in [7, 11) is 1.82. The van der Waals surface area contributed by atoms with Crippen LogP contribution in [0.3, 0.4) is 0 Å². The number of benzene rings is 1. The Labute approximate surface area is 231 Å². The summed E-state index contributed by atoms with van der Waals surface area (Å²) in [6, 6.07) is 5.24. The molecular formula is C29H34FN7O3. The van der Waals surface area contributed by atoms with Gasteiger partial charge in [-0.15, -0.1) is 0 Å². The molecule has 1 aliphatic carbocycles. The predicted octanol–water partition coefficient (Wildman–Crippen LogP) is 4.90. The summed E-state index contributed by atoms with van der Waals surface area (Å²) in [5, 5.41) is 8.25. The molecule has 6 rings (SSSR count). The molecule has 4 aromatic rings. The summed E-state index contributed by atoms with van der Waals surface area (Å²) in [5.74, 6) is -0.894. The molecular weight excluding hydrogens is 513 g/mol. The van der Waals surface area contributed by atoms with Crippen LogP contribution >= 0.6 is 0 Å². The lowest BCUT2D eigenvalue weighted by Gasteiger charge is -2.32. The van der Waals surface area contributed by atoms with Gasteiger partial charge in [-0.3, -0.25) is 9.48 Å². The first-order valence-electron chi connectivity index (χ1n) is 13.7. The van der Waals surface area contributed by atoms with Gasteiger partial charge < -0.3 is 24.3 Å². The second-order valence-electron chi connectivity index (χ2n) is 11.8. The Kier molecular flexibility index (Phi) is 6.19. The molecule has 11 heteroatoms. The maximum absolute atomic E-state index is 14.6. The largest absolute Gasteiger partial charge is 0.444 e. The number of imidazole rings is 1. The van der Waals surface area contributed by atoms with Crippen molar-refractivity contribution in [3.63, 3.8) is 0 Å². The smallest absolute Gasteiger partial charge is 0.410 e. The highest BCUT2D eigenvalue weighted by molar-refractivity contribution is 6.14. The van der Waals surface area contributed by atoms with Gasteiger partial charge in [0.15, 0.2) is 11.5 Å². The number of pyridine rings is 1. The predicted molar refractivity (Wildman–Crippen MR) is 150 cm³/mol. The average molecular weight is 548 g/mol. The molecule has 1 aromatic carbocycles. The zero-order valence-electron chi connectivity index (χ0n) is 23.4. The Morgan fingerprint density at radius 1 is 1.12 bits per heavy atom. The molecule has 1 atom stereocenters. The molecule has 1 N–H and O–H groups in total. The number of hydrogen-bond donors (Lipinski definition) is 1. The number of halogens is 1. The monoisotopic (exact) mass is 547 g/mol. The van der Waals surface area contributed by atoms with Crippen molar-refractivity contribution in [2.45, 2.75) is 64.6 Å². The van der Waals surface area contributed by atoms with E-state index in [-0.39, 0.29) is 29.7 Å². The summed E-state index contributed by atoms with van der Waals surface area (Å²) in [4.78, 5) is 34.8. The SMILES string of the molecule is Cc1cn2cc(NC(=O)c3ccc(N4CCC(N(C(=O)OC(C)(C)C)C5CC5)C4)c4cn(C)nc34)cc(F)c2n1. The molecule has 3 aromatic heterocycles. The van der Waals surface area contributed by atoms with Crippen molar-refractivity contribution >= 4 is 39.9 Å². The van der Waals surface area contributed by atoms with Gasteiger partial charge >= 0.3 is 6.09 Å². The van der Waals surface area contributed by atoms with E-state index in [1.54, 1.807) is 34.5 Å². The Hall–Kier alpha value is -4.15. The molecule has 0 spiro atoms. The van der Waals surface area contributed by atoms with E-state index in [4.69, 9.17) is 4.74 Å². The molecule has 2 fully saturated rings. The van der Waals surface area contributed by atoms with Crippen LogP contribution in [-0.2, 0) is 11.8 Å². The van der Waals surface area contributed by atoms with E-state index >= 15 is 0 Å². The fourth-order valence-electron chi connectivity index (χ4n) is 5.56. The maximum Gasteiger partial charge on any atom is 0.410 e. The molecule has 1 saturated heterocycles. The molecule has 40 heavy (non-hydrogen) atoms. The second kappa shape index (κ2) is 9.50. The third-order valence-electron chi connectivity index (χ3n) is 7.34. The van der Waals surface area contributed by atoms with Crippen molar-refractivity contribution in [2.24, 2.45) is 7.05 Å². The number of nitrogens with one attached hydrogen (secondary N) is 1. The van der Waals surface area contributed by atoms with E-state index in [1.807, 2.05) is 45.0 Å². The molecule has 1 unspecified atom stereocenters. The van der Waals surface area contributed by atoms with Crippen LogP contribution in [0.1, 0.15) is 56.1 Å². The molecule has 1 saturated carbocycles. The van der Waals surface area contributed by atoms with Gasteiger partial charge in [0.25, 0.3) is 5.91 Å². The van der Waals surface area contributed by atoms with Crippen LogP contribution in [0.25, 0.3) is 16.6 Å². The van der Waals surface area contributed by atoms with Crippen LogP contribution in [0.15, 0.2) is 36.8 Å². The Bertz CT molecular complexity index is 1630. The minimum atomic E-state index is -0.546. The standard InChI is InChI=1S/C29H34FN7O3/c1-17-13-36-14-18(12-23(30)26(36)31-17)32-27(38)21-8-9-24(22-16-34(5)33-25(21)22)35-11-10-20(15-35)37(19-6-7-19)28(39)40-29(2,3)4/h8-9,12-14,16,19-20H,6-7,10-11,15H2,1-5H3,(H,32,38). The van der Waals surface area contributed by atoms with Gasteiger partial charge in [0, 0.05) is 61.9 Å². The first-order chi connectivity index (χ1) is 19.0. The first kappa shape index (κ1) is 26.1. The number of carbonyl (C=O) groups excluding carboxylic acids is 2. The molecule has 210 valence electrons. The summed E-state index contributed by atoms with van der Waals surface area (Å²) >= 11 is 0. The summed E-state index contributed by atoms with van der Waals surface area (Å²) < 4.78 is 23.6. The van der Waals surface area contributed by atoms with Crippen LogP contribution < -0.4 is 10.2 Å². The summed E-state index contributed by atoms with van der Waals surface area (Å²) in [6.07, 6.45) is 7.84. The third kappa shape index (κ3) is 4.96. The lowest BCUT2D eigenvalue weighted by molar-refractivity contribution is 0.0158. The fourth-order valence-corrected chi connectivity index (χ4v) is 5.56. The number of carbonyl (C=O) groups is 2. The third-order valence-corrected chi connectivity index (χ3v) is 7.34. The maximum atomic E-state index is 14.6. The highest BCUT2D eigenvalue weighted by atomic mass is 19.1. The molecule has 1 aliphatic heterocycles. The number of amides is 2. The summed E-state index contributed by atoms with van der Waals surface area (Å²) in [5.41, 5.74) is 2.59. The van der Waals surface area contributed by atoms with Crippen LogP contribution in [0.2, 0.25) is 0 Å². The van der Waals surface area contributed by atoms with E-state index in [0.717, 1.165) is 36.9 Å². The topological polar surface area (TPSA) is 97.0 Å². The van der Waals surface area contributed by atoms with E-state index in [9.17, 15) is 14.0 Å². The number of rotatable bonds is 5. The molecule has 0 radical (unpaired) electrons. The Morgan fingerprint density at radius 3 is 2.62 bits per heavy atom. The first-order valence-corrected chi connectivity index (χ1v) is 13.7. The minimum Gasteiger partial charge on any atom is -0.444 e. The van der Waals surface area contributed by atoms with E-state index < -0.39 is 11.4 Å². The van der Waals surface area contributed by atoms with Crippen molar-refractivity contribution < 1.29 is 18.7 Å². The van der Waals surface area contributed by atoms with Gasteiger partial charge in [-0.1, -0.05) is 0 Å². The van der Waals surface area contributed by atoms with Gasteiger partial charge in [-0.05, 0) is 59.1 Å². The van der Waals surface area contributed by atoms with Crippen LogP contribution in [0, 0.1) is 12.7 Å². The lowest BCUT2D eigenvalue weighted by atomic mass is 10.1. The second-order valence-corrected chi connectivity index (χ2v) is 11.8. The average Bonchev–Trinajstić information content (AvgIpc) is 3.23. The zero-order valence-corrected chi connectivity index (χ0v) is 23.4. The van der Waals surface area contributed by atoms with Crippen LogP contribution in [-0.4, -0.2) is 66.8 Å². The Morgan fingerprint density at radius 2 is 1.90 bits per heavy atom. The lowest BCUT2D eigenvalue weighted by Crippen LogP contribution is -2.46. The number of nitrogens with zero attached hydrogens (tertiary/aromatic N) is 6. The molecule has 2 amide bonds. The number of aryl methyl sites for hydroxylation is 2. The molecule has 4 heterocycles. The van der Waals surface area contributed by atoms with Crippen LogP contribution in [0.4, 0.5) is 20.6 Å². The van der Waals surface area contributed by atoms with Gasteiger partial charge in [-0.25, -0.2) is 14.2 Å². The number of hydrogen-bond acceptors (Lipinski definition) is 6. The van der Waals surface area contributed by atoms with Crippen molar-refractivity contribution in [3.8, 4) is 0 Å². The number of ether oxygens (including phenoxy) is 1. The van der Waals surface area contributed by atoms with Gasteiger partial charge in [0.1, 0.15) is 11.1 Å². The van der Waals surface area contributed by atoms with Crippen LogP contribution in [0.5, 0.6) is 0 Å². The minimum absolute atomic E-state index is 0.0497. The normalized spacial score (nSPS) is 17.6.